The molecule has 5 heteroatoms. The summed E-state index contributed by atoms with van der Waals surface area (Å²) in [6, 6.07) is 0. The third-order valence-electron chi connectivity index (χ3n) is 4.78. The summed E-state index contributed by atoms with van der Waals surface area (Å²) in [6.45, 7) is 5.20. The molecule has 0 saturated heterocycles. The van der Waals surface area contributed by atoms with E-state index in [0.29, 0.717) is 0 Å². The molecule has 1 heterocycles. The molecule has 0 unspecified atom stereocenters. The van der Waals surface area contributed by atoms with Crippen molar-refractivity contribution in [2.45, 2.75) is 104 Å². The van der Waals surface area contributed by atoms with Gasteiger partial charge in [0.05, 0.1) is 0 Å². The Balaban J connectivity index is 1.79. The molecule has 0 bridgehead atoms. The topological polar surface area (TPSA) is 72.7 Å². The zero-order valence-corrected chi connectivity index (χ0v) is 15.6. The van der Waals surface area contributed by atoms with Crippen LogP contribution in [0.4, 0.5) is 0 Å². The molecule has 0 saturated carbocycles. The molecule has 24 heavy (non-hydrogen) atoms. The summed E-state index contributed by atoms with van der Waals surface area (Å²) in [4.78, 5) is 10.3. The largest absolute Gasteiger partial charge is 0.550 e. The molecular formula is C19H35N3O2. The Hall–Kier alpha value is -1.39. The van der Waals surface area contributed by atoms with E-state index in [1.807, 2.05) is 6.92 Å². The second-order valence-electron chi connectivity index (χ2n) is 6.90. The van der Waals surface area contributed by atoms with E-state index in [9.17, 15) is 9.90 Å². The number of hydrogen-bond acceptors (Lipinski definition) is 3. The summed E-state index contributed by atoms with van der Waals surface area (Å²) in [5, 5.41) is 17.5. The molecule has 0 atom stereocenters. The van der Waals surface area contributed by atoms with Gasteiger partial charge in [-0.25, -0.2) is 0 Å². The van der Waals surface area contributed by atoms with E-state index in [1.165, 1.54) is 63.5 Å². The number of carbonyl (C=O) groups excluding carboxylic acids is 1. The van der Waals surface area contributed by atoms with Crippen LogP contribution in [-0.2, 0) is 11.3 Å². The maximum Gasteiger partial charge on any atom is 0.218 e. The standard InChI is InChI=1S/C19H35N3O2/c1-17-18(2)22(21-20-17)16-14-12-10-8-6-4-3-5-7-9-11-13-15-19(23)24/h3-16H2,1-2H3,(H,23,24). The molecule has 1 N–H and O–H groups in total. The minimum atomic E-state index is -0.914. The Morgan fingerprint density at radius 1 is 0.875 bits per heavy atom. The van der Waals surface area contributed by atoms with Gasteiger partial charge in [-0.15, -0.1) is 0 Å². The van der Waals surface area contributed by atoms with Crippen LogP contribution in [0.5, 0.6) is 0 Å². The number of aliphatic carboxylic acids is 1. The summed E-state index contributed by atoms with van der Waals surface area (Å²) in [7, 11) is 0. The second-order valence-corrected chi connectivity index (χ2v) is 6.90. The van der Waals surface area contributed by atoms with E-state index in [2.05, 4.69) is 21.9 Å². The predicted molar refractivity (Wildman–Crippen MR) is 93.3 cm³/mol. The number of unbranched alkanes of at least 4 members (excludes halogenated alkanes) is 11. The van der Waals surface area contributed by atoms with Gasteiger partial charge in [0.2, 0.25) is 5.69 Å². The van der Waals surface area contributed by atoms with Crippen molar-refractivity contribution in [3.8, 4) is 0 Å². The third-order valence-corrected chi connectivity index (χ3v) is 4.78. The molecule has 1 rings (SSSR count). The minimum absolute atomic E-state index is 0.220. The van der Waals surface area contributed by atoms with Crippen molar-refractivity contribution in [3.63, 3.8) is 0 Å². The molecule has 0 aliphatic carbocycles. The van der Waals surface area contributed by atoms with E-state index in [4.69, 9.17) is 0 Å². The summed E-state index contributed by atoms with van der Waals surface area (Å²) in [5.74, 6) is -0.914. The van der Waals surface area contributed by atoms with Gasteiger partial charge in [-0.05, 0) is 25.7 Å². The van der Waals surface area contributed by atoms with Crippen LogP contribution in [0, 0.1) is 13.8 Å². The van der Waals surface area contributed by atoms with Crippen LogP contribution in [0.1, 0.15) is 94.9 Å². The quantitative estimate of drug-likeness (QED) is 0.395. The van der Waals surface area contributed by atoms with Gasteiger partial charge in [-0.2, -0.15) is 4.68 Å². The number of aromatic nitrogens is 3. The number of nitrogens with one attached hydrogen (secondary N) is 1. The van der Waals surface area contributed by atoms with E-state index in [1.54, 1.807) is 0 Å². The fourth-order valence-electron chi connectivity index (χ4n) is 3.01. The zero-order chi connectivity index (χ0) is 17.6. The van der Waals surface area contributed by atoms with E-state index in [-0.39, 0.29) is 6.42 Å². The summed E-state index contributed by atoms with van der Waals surface area (Å²) < 4.78 is 2.14. The van der Waals surface area contributed by atoms with E-state index >= 15 is 0 Å². The normalized spacial score (nSPS) is 11.1. The van der Waals surface area contributed by atoms with Gasteiger partial charge >= 0.3 is 0 Å². The van der Waals surface area contributed by atoms with Crippen molar-refractivity contribution in [3.05, 3.63) is 11.4 Å². The number of aromatic amines is 1. The van der Waals surface area contributed by atoms with Crippen molar-refractivity contribution in [1.29, 1.82) is 0 Å². The average molecular weight is 338 g/mol. The SMILES string of the molecule is Cc1n[nH][n+](CCCCCCCCCCCCCCC(=O)[O-])c1C. The predicted octanol–water partition coefficient (Wildman–Crippen LogP) is 3.14. The molecule has 5 nitrogen and oxygen atoms in total. The number of nitrogens with zero attached hydrogens (tertiary/aromatic N) is 2. The Morgan fingerprint density at radius 3 is 1.75 bits per heavy atom. The fraction of sp³-hybridized carbons (Fsp3) is 0.842. The van der Waals surface area contributed by atoms with Crippen LogP contribution in [-0.4, -0.2) is 16.3 Å². The van der Waals surface area contributed by atoms with Crippen LogP contribution in [0.15, 0.2) is 0 Å². The van der Waals surface area contributed by atoms with Crippen LogP contribution < -0.4 is 9.79 Å². The molecule has 0 aliphatic heterocycles. The van der Waals surface area contributed by atoms with Gasteiger partial charge in [-0.3, -0.25) is 0 Å². The number of carboxylic acids is 1. The molecule has 0 fully saturated rings. The number of rotatable bonds is 15. The van der Waals surface area contributed by atoms with Crippen LogP contribution in [0.2, 0.25) is 0 Å². The van der Waals surface area contributed by atoms with Gasteiger partial charge < -0.3 is 9.90 Å². The van der Waals surface area contributed by atoms with Crippen molar-refractivity contribution in [2.24, 2.45) is 0 Å². The second kappa shape index (κ2) is 13.0. The van der Waals surface area contributed by atoms with Crippen molar-refractivity contribution in [2.75, 3.05) is 0 Å². The lowest BCUT2D eigenvalue weighted by molar-refractivity contribution is -0.759. The lowest BCUT2D eigenvalue weighted by Crippen LogP contribution is -2.38. The lowest BCUT2D eigenvalue weighted by atomic mass is 10.0. The smallest absolute Gasteiger partial charge is 0.218 e. The first-order valence-electron chi connectivity index (χ1n) is 9.72. The summed E-state index contributed by atoms with van der Waals surface area (Å²) in [6.07, 6.45) is 14.9. The lowest BCUT2D eigenvalue weighted by Gasteiger charge is -2.03. The van der Waals surface area contributed by atoms with Crippen molar-refractivity contribution in [1.82, 2.24) is 10.3 Å². The van der Waals surface area contributed by atoms with Crippen LogP contribution >= 0.6 is 0 Å². The van der Waals surface area contributed by atoms with Gasteiger partial charge in [0.15, 0.2) is 5.69 Å². The number of carbonyl (C=O) groups is 1. The third kappa shape index (κ3) is 9.68. The number of aryl methyl sites for hydroxylation is 2. The highest BCUT2D eigenvalue weighted by Gasteiger charge is 2.10. The van der Waals surface area contributed by atoms with E-state index < -0.39 is 5.97 Å². The molecule has 0 aliphatic rings. The van der Waals surface area contributed by atoms with Crippen LogP contribution in [0.3, 0.4) is 0 Å². The van der Waals surface area contributed by atoms with E-state index in [0.717, 1.165) is 31.5 Å². The molecule has 0 amide bonds. The molecule has 0 spiro atoms. The van der Waals surface area contributed by atoms with Gasteiger partial charge in [0.1, 0.15) is 6.54 Å². The number of hydrogen-bond donors (Lipinski definition) is 1. The highest BCUT2D eigenvalue weighted by atomic mass is 16.4. The summed E-state index contributed by atoms with van der Waals surface area (Å²) in [5.41, 5.74) is 2.34. The summed E-state index contributed by atoms with van der Waals surface area (Å²) >= 11 is 0. The molecule has 0 aromatic carbocycles. The highest BCUT2D eigenvalue weighted by Crippen LogP contribution is 2.12. The molecular weight excluding hydrogens is 302 g/mol. The van der Waals surface area contributed by atoms with Gasteiger partial charge in [0, 0.05) is 24.9 Å². The Labute approximate surface area is 146 Å². The first-order chi connectivity index (χ1) is 11.6. The maximum atomic E-state index is 10.3. The Bertz CT molecular complexity index is 457. The minimum Gasteiger partial charge on any atom is -0.550 e. The molecule has 138 valence electrons. The first-order valence-corrected chi connectivity index (χ1v) is 9.72. The van der Waals surface area contributed by atoms with Gasteiger partial charge in [-0.1, -0.05) is 63.0 Å². The Kier molecular flexibility index (Phi) is 11.2. The Morgan fingerprint density at radius 2 is 1.33 bits per heavy atom. The zero-order valence-electron chi connectivity index (χ0n) is 15.6. The first kappa shape index (κ1) is 20.7. The van der Waals surface area contributed by atoms with Crippen molar-refractivity contribution < 1.29 is 14.6 Å². The average Bonchev–Trinajstić information content (AvgIpc) is 2.87. The number of H-pyrrole nitrogens is 1. The van der Waals surface area contributed by atoms with Crippen LogP contribution in [0.25, 0.3) is 0 Å². The molecule has 0 radical (unpaired) electrons. The number of carboxylic acid groups (broad SMARTS) is 1. The van der Waals surface area contributed by atoms with Gasteiger partial charge in [0.25, 0.3) is 0 Å². The van der Waals surface area contributed by atoms with Crippen molar-refractivity contribution >= 4 is 5.97 Å². The highest BCUT2D eigenvalue weighted by molar-refractivity contribution is 5.63. The monoisotopic (exact) mass is 337 g/mol. The maximum absolute atomic E-state index is 10.3. The molecule has 1 aromatic heterocycles. The fourth-order valence-corrected chi connectivity index (χ4v) is 3.01. The molecule has 1 aromatic rings.